The van der Waals surface area contributed by atoms with Crippen molar-refractivity contribution in [1.82, 2.24) is 0 Å². The highest BCUT2D eigenvalue weighted by molar-refractivity contribution is 5.88. The summed E-state index contributed by atoms with van der Waals surface area (Å²) in [4.78, 5) is 10.8. The van der Waals surface area contributed by atoms with Gasteiger partial charge in [-0.1, -0.05) is 0 Å². The molecule has 0 saturated carbocycles. The van der Waals surface area contributed by atoms with Crippen molar-refractivity contribution < 1.29 is 23.1 Å². The Morgan fingerprint density at radius 3 is 2.20 bits per heavy atom. The van der Waals surface area contributed by atoms with Crippen LogP contribution in [0, 0.1) is 24.4 Å². The quantitative estimate of drug-likeness (QED) is 0.898. The number of carbonyl (C=O) groups is 1. The number of carboxylic acid groups (broad SMARTS) is 1. The molecule has 0 unspecified atom stereocenters. The van der Waals surface area contributed by atoms with Gasteiger partial charge in [0.1, 0.15) is 11.5 Å². The molecule has 2 N–H and O–H groups in total. The first-order valence-corrected chi connectivity index (χ1v) is 5.64. The van der Waals surface area contributed by atoms with Crippen molar-refractivity contribution >= 4 is 17.3 Å². The van der Waals surface area contributed by atoms with Gasteiger partial charge in [-0.15, -0.1) is 0 Å². The molecule has 0 aliphatic rings. The molecule has 0 radical (unpaired) electrons. The molecule has 20 heavy (non-hydrogen) atoms. The van der Waals surface area contributed by atoms with Gasteiger partial charge in [0.05, 0.1) is 5.56 Å². The van der Waals surface area contributed by atoms with E-state index in [1.165, 1.54) is 18.2 Å². The number of aryl methyl sites for hydroxylation is 1. The van der Waals surface area contributed by atoms with Crippen molar-refractivity contribution in [3.05, 3.63) is 58.9 Å². The van der Waals surface area contributed by atoms with E-state index in [2.05, 4.69) is 5.32 Å². The van der Waals surface area contributed by atoms with Crippen LogP contribution in [-0.4, -0.2) is 11.1 Å². The molecule has 3 nitrogen and oxygen atoms in total. The van der Waals surface area contributed by atoms with E-state index >= 15 is 0 Å². The first-order valence-electron chi connectivity index (χ1n) is 5.64. The average Bonchev–Trinajstić information content (AvgIpc) is 2.34. The summed E-state index contributed by atoms with van der Waals surface area (Å²) in [5.41, 5.74) is 0.401. The Morgan fingerprint density at radius 2 is 1.70 bits per heavy atom. The number of nitrogens with one attached hydrogen (secondary N) is 1. The summed E-state index contributed by atoms with van der Waals surface area (Å²) in [6.07, 6.45) is 0. The van der Waals surface area contributed by atoms with E-state index in [9.17, 15) is 18.0 Å². The minimum atomic E-state index is -1.10. The molecular weight excluding hydrogens is 271 g/mol. The first-order chi connectivity index (χ1) is 9.38. The van der Waals surface area contributed by atoms with Crippen LogP contribution in [0.3, 0.4) is 0 Å². The molecule has 0 atom stereocenters. The van der Waals surface area contributed by atoms with Crippen LogP contribution in [0.1, 0.15) is 15.9 Å². The third kappa shape index (κ3) is 2.74. The molecule has 0 bridgehead atoms. The molecule has 104 valence electrons. The standard InChI is InChI=1S/C14H10F3NO2/c1-7-4-8(14(19)20)2-3-12(7)18-13-10(16)5-9(15)6-11(13)17/h2-6,18H,1H3,(H,19,20). The molecule has 0 saturated heterocycles. The van der Waals surface area contributed by atoms with Gasteiger partial charge in [0, 0.05) is 17.8 Å². The Balaban J connectivity index is 2.38. The largest absolute Gasteiger partial charge is 0.478 e. The molecule has 2 rings (SSSR count). The van der Waals surface area contributed by atoms with Crippen LogP contribution in [0.5, 0.6) is 0 Å². The van der Waals surface area contributed by atoms with E-state index in [-0.39, 0.29) is 5.56 Å². The Bertz CT molecular complexity index is 663. The predicted molar refractivity (Wildman–Crippen MR) is 67.7 cm³/mol. The van der Waals surface area contributed by atoms with E-state index < -0.39 is 29.1 Å². The van der Waals surface area contributed by atoms with E-state index in [1.54, 1.807) is 6.92 Å². The van der Waals surface area contributed by atoms with Crippen molar-refractivity contribution in [3.8, 4) is 0 Å². The molecule has 2 aromatic rings. The third-order valence-electron chi connectivity index (χ3n) is 2.74. The van der Waals surface area contributed by atoms with Gasteiger partial charge in [-0.3, -0.25) is 0 Å². The highest BCUT2D eigenvalue weighted by Gasteiger charge is 2.13. The second-order valence-electron chi connectivity index (χ2n) is 4.20. The lowest BCUT2D eigenvalue weighted by molar-refractivity contribution is 0.0697. The Hall–Kier alpha value is -2.50. The van der Waals surface area contributed by atoms with Crippen LogP contribution >= 0.6 is 0 Å². The average molecular weight is 281 g/mol. The second-order valence-corrected chi connectivity index (χ2v) is 4.20. The fourth-order valence-electron chi connectivity index (χ4n) is 1.73. The van der Waals surface area contributed by atoms with Crippen LogP contribution in [0.25, 0.3) is 0 Å². The lowest BCUT2D eigenvalue weighted by Gasteiger charge is -2.12. The molecule has 0 spiro atoms. The van der Waals surface area contributed by atoms with Crippen LogP contribution in [0.2, 0.25) is 0 Å². The molecule has 2 aromatic carbocycles. The van der Waals surface area contributed by atoms with Crippen LogP contribution in [-0.2, 0) is 0 Å². The number of hydrogen-bond acceptors (Lipinski definition) is 2. The number of rotatable bonds is 3. The number of benzene rings is 2. The fourth-order valence-corrected chi connectivity index (χ4v) is 1.73. The molecule has 0 aliphatic carbocycles. The first kappa shape index (κ1) is 13.9. The smallest absolute Gasteiger partial charge is 0.335 e. The summed E-state index contributed by atoms with van der Waals surface area (Å²) in [6, 6.07) is 5.18. The van der Waals surface area contributed by atoms with Crippen molar-refractivity contribution in [1.29, 1.82) is 0 Å². The van der Waals surface area contributed by atoms with Gasteiger partial charge in [-0.05, 0) is 30.7 Å². The molecule has 6 heteroatoms. The number of aromatic carboxylic acids is 1. The zero-order chi connectivity index (χ0) is 14.9. The maximum atomic E-state index is 13.5. The van der Waals surface area contributed by atoms with Gasteiger partial charge < -0.3 is 10.4 Å². The Labute approximate surface area is 112 Å². The van der Waals surface area contributed by atoms with E-state index in [0.717, 1.165) is 0 Å². The summed E-state index contributed by atoms with van der Waals surface area (Å²) in [7, 11) is 0. The summed E-state index contributed by atoms with van der Waals surface area (Å²) in [5, 5.41) is 11.3. The summed E-state index contributed by atoms with van der Waals surface area (Å²) in [5.74, 6) is -4.24. The van der Waals surface area contributed by atoms with Gasteiger partial charge >= 0.3 is 5.97 Å². The fraction of sp³-hybridized carbons (Fsp3) is 0.0714. The third-order valence-corrected chi connectivity index (χ3v) is 2.74. The van der Waals surface area contributed by atoms with Crippen LogP contribution in [0.4, 0.5) is 24.5 Å². The Kier molecular flexibility index (Phi) is 3.65. The SMILES string of the molecule is Cc1cc(C(=O)O)ccc1Nc1c(F)cc(F)cc1F. The highest BCUT2D eigenvalue weighted by Crippen LogP contribution is 2.26. The summed E-state index contributed by atoms with van der Waals surface area (Å²) < 4.78 is 39.8. The monoisotopic (exact) mass is 281 g/mol. The van der Waals surface area contributed by atoms with Gasteiger partial charge in [-0.2, -0.15) is 0 Å². The predicted octanol–water partition coefficient (Wildman–Crippen LogP) is 3.85. The molecule has 0 fully saturated rings. The number of halogens is 3. The van der Waals surface area contributed by atoms with Crippen molar-refractivity contribution in [2.75, 3.05) is 5.32 Å². The lowest BCUT2D eigenvalue weighted by atomic mass is 10.1. The minimum Gasteiger partial charge on any atom is -0.478 e. The number of anilines is 2. The van der Waals surface area contributed by atoms with E-state index in [1.807, 2.05) is 0 Å². The maximum Gasteiger partial charge on any atom is 0.335 e. The van der Waals surface area contributed by atoms with Crippen molar-refractivity contribution in [2.24, 2.45) is 0 Å². The van der Waals surface area contributed by atoms with Gasteiger partial charge in [0.25, 0.3) is 0 Å². The zero-order valence-electron chi connectivity index (χ0n) is 10.4. The number of carboxylic acids is 1. The van der Waals surface area contributed by atoms with Gasteiger partial charge in [0.15, 0.2) is 11.6 Å². The molecule has 0 aromatic heterocycles. The molecule has 0 heterocycles. The molecule has 0 amide bonds. The van der Waals surface area contributed by atoms with E-state index in [4.69, 9.17) is 5.11 Å². The lowest BCUT2D eigenvalue weighted by Crippen LogP contribution is -2.02. The zero-order valence-corrected chi connectivity index (χ0v) is 10.4. The second kappa shape index (κ2) is 5.24. The van der Waals surface area contributed by atoms with Gasteiger partial charge in [0.2, 0.25) is 0 Å². The van der Waals surface area contributed by atoms with Gasteiger partial charge in [-0.25, -0.2) is 18.0 Å². The van der Waals surface area contributed by atoms with Crippen molar-refractivity contribution in [3.63, 3.8) is 0 Å². The summed E-state index contributed by atoms with van der Waals surface area (Å²) in [6.45, 7) is 1.59. The molecular formula is C14H10F3NO2. The highest BCUT2D eigenvalue weighted by atomic mass is 19.1. The van der Waals surface area contributed by atoms with Crippen molar-refractivity contribution in [2.45, 2.75) is 6.92 Å². The topological polar surface area (TPSA) is 49.3 Å². The van der Waals surface area contributed by atoms with E-state index in [0.29, 0.717) is 23.4 Å². The van der Waals surface area contributed by atoms with Crippen LogP contribution < -0.4 is 5.32 Å². The minimum absolute atomic E-state index is 0.0631. The van der Waals surface area contributed by atoms with Crippen LogP contribution in [0.15, 0.2) is 30.3 Å². The normalized spacial score (nSPS) is 10.4. The maximum absolute atomic E-state index is 13.5. The summed E-state index contributed by atoms with van der Waals surface area (Å²) >= 11 is 0. The molecule has 0 aliphatic heterocycles. The Morgan fingerprint density at radius 1 is 1.10 bits per heavy atom. The number of hydrogen-bond donors (Lipinski definition) is 2.